The molecule has 1 fully saturated rings. The third-order valence-corrected chi connectivity index (χ3v) is 7.53. The van der Waals surface area contributed by atoms with Gasteiger partial charge < -0.3 is 29.7 Å². The predicted molar refractivity (Wildman–Crippen MR) is 169 cm³/mol. The second-order valence-electron chi connectivity index (χ2n) is 11.3. The summed E-state index contributed by atoms with van der Waals surface area (Å²) in [5.74, 6) is 0.464. The summed E-state index contributed by atoms with van der Waals surface area (Å²) in [6, 6.07) is 23.9. The summed E-state index contributed by atoms with van der Waals surface area (Å²) in [6.45, 7) is 5.63. The molecule has 8 nitrogen and oxygen atoms in total. The molecule has 41 heavy (non-hydrogen) atoms. The number of pyridine rings is 1. The van der Waals surface area contributed by atoms with Crippen molar-refractivity contribution in [3.8, 4) is 11.4 Å². The second-order valence-corrected chi connectivity index (χ2v) is 11.7. The number of hydrogen-bond acceptors (Lipinski definition) is 5. The fraction of sp³-hybridized carbons (Fsp3) is 0.281. The van der Waals surface area contributed by atoms with E-state index in [-0.39, 0.29) is 18.0 Å². The van der Waals surface area contributed by atoms with E-state index in [1.165, 1.54) is 0 Å². The molecular weight excluding hydrogens is 532 g/mol. The molecule has 1 aliphatic heterocycles. The molecule has 9 heteroatoms. The van der Waals surface area contributed by atoms with Crippen LogP contribution >= 0.6 is 12.2 Å². The number of ether oxygens (including phenoxy) is 1. The van der Waals surface area contributed by atoms with Gasteiger partial charge in [0.2, 0.25) is 5.91 Å². The number of aromatic nitrogens is 2. The van der Waals surface area contributed by atoms with E-state index < -0.39 is 5.41 Å². The van der Waals surface area contributed by atoms with E-state index in [0.29, 0.717) is 16.5 Å². The number of amides is 1. The molecule has 2 atom stereocenters. The van der Waals surface area contributed by atoms with Crippen molar-refractivity contribution < 1.29 is 9.53 Å². The van der Waals surface area contributed by atoms with Gasteiger partial charge in [0.05, 0.1) is 24.5 Å². The molecule has 0 spiro atoms. The zero-order chi connectivity index (χ0) is 29.3. The third kappa shape index (κ3) is 5.63. The first-order chi connectivity index (χ1) is 19.6. The molecule has 1 saturated heterocycles. The van der Waals surface area contributed by atoms with Gasteiger partial charge in [-0.1, -0.05) is 26.8 Å². The van der Waals surface area contributed by atoms with Crippen LogP contribution < -0.4 is 25.2 Å². The molecule has 212 valence electrons. The van der Waals surface area contributed by atoms with E-state index in [0.717, 1.165) is 28.5 Å². The van der Waals surface area contributed by atoms with Gasteiger partial charge in [0, 0.05) is 60.7 Å². The van der Waals surface area contributed by atoms with Crippen LogP contribution in [0.25, 0.3) is 5.69 Å². The number of benzene rings is 2. The lowest BCUT2D eigenvalue weighted by molar-refractivity contribution is -0.123. The Bertz CT molecular complexity index is 1540. The Kier molecular flexibility index (Phi) is 7.73. The van der Waals surface area contributed by atoms with E-state index in [2.05, 4.69) is 72.6 Å². The van der Waals surface area contributed by atoms with Crippen molar-refractivity contribution in [2.75, 3.05) is 36.3 Å². The van der Waals surface area contributed by atoms with Crippen LogP contribution in [0.5, 0.6) is 5.75 Å². The van der Waals surface area contributed by atoms with Crippen LogP contribution in [0.1, 0.15) is 44.2 Å². The highest BCUT2D eigenvalue weighted by Crippen LogP contribution is 2.44. The minimum atomic E-state index is -0.540. The fourth-order valence-corrected chi connectivity index (χ4v) is 5.30. The lowest BCUT2D eigenvalue weighted by atomic mass is 9.95. The van der Waals surface area contributed by atoms with Crippen molar-refractivity contribution in [1.29, 1.82) is 0 Å². The van der Waals surface area contributed by atoms with Crippen LogP contribution in [0.2, 0.25) is 0 Å². The highest BCUT2D eigenvalue weighted by molar-refractivity contribution is 7.80. The highest BCUT2D eigenvalue weighted by Gasteiger charge is 2.42. The van der Waals surface area contributed by atoms with Gasteiger partial charge in [-0.05, 0) is 72.9 Å². The fourth-order valence-electron chi connectivity index (χ4n) is 4.96. The molecule has 5 rings (SSSR count). The second kappa shape index (κ2) is 11.2. The Balaban J connectivity index is 1.59. The smallest absolute Gasteiger partial charge is 0.229 e. The number of nitrogens with one attached hydrogen (secondary N) is 2. The van der Waals surface area contributed by atoms with Gasteiger partial charge in [-0.25, -0.2) is 0 Å². The molecule has 2 N–H and O–H groups in total. The van der Waals surface area contributed by atoms with Crippen molar-refractivity contribution in [3.05, 3.63) is 96.6 Å². The van der Waals surface area contributed by atoms with Crippen LogP contribution in [0, 0.1) is 5.41 Å². The first-order valence-electron chi connectivity index (χ1n) is 13.5. The summed E-state index contributed by atoms with van der Waals surface area (Å²) >= 11 is 5.95. The molecule has 3 heterocycles. The maximum atomic E-state index is 12.7. The van der Waals surface area contributed by atoms with Gasteiger partial charge in [-0.3, -0.25) is 9.78 Å². The highest BCUT2D eigenvalue weighted by atomic mass is 32.1. The average molecular weight is 569 g/mol. The summed E-state index contributed by atoms with van der Waals surface area (Å²) < 4.78 is 7.92. The summed E-state index contributed by atoms with van der Waals surface area (Å²) in [5.41, 5.74) is 5.02. The van der Waals surface area contributed by atoms with E-state index >= 15 is 0 Å². The van der Waals surface area contributed by atoms with Crippen LogP contribution in [-0.2, 0) is 4.79 Å². The minimum absolute atomic E-state index is 0.0897. The minimum Gasteiger partial charge on any atom is -0.494 e. The molecule has 4 aromatic rings. The van der Waals surface area contributed by atoms with Crippen LogP contribution in [0.4, 0.5) is 17.1 Å². The SMILES string of the molecule is COc1cc(N2C(=S)N[C@@H](c3ccccn3)[C@@H]2c2cccn2-c2ccc(N(C)C)cc2)ccc1NC(=O)C(C)(C)C. The predicted octanol–water partition coefficient (Wildman–Crippen LogP) is 6.11. The monoisotopic (exact) mass is 568 g/mol. The first-order valence-corrected chi connectivity index (χ1v) is 13.9. The molecule has 2 aromatic carbocycles. The number of carbonyl (C=O) groups excluding carboxylic acids is 1. The number of anilines is 3. The Morgan fingerprint density at radius 1 is 1.02 bits per heavy atom. The molecule has 2 aromatic heterocycles. The maximum Gasteiger partial charge on any atom is 0.229 e. The van der Waals surface area contributed by atoms with Gasteiger partial charge in [-0.15, -0.1) is 0 Å². The zero-order valence-electron chi connectivity index (χ0n) is 24.3. The van der Waals surface area contributed by atoms with Crippen molar-refractivity contribution in [2.24, 2.45) is 5.41 Å². The molecule has 0 aliphatic carbocycles. The van der Waals surface area contributed by atoms with Crippen LogP contribution in [-0.4, -0.2) is 41.8 Å². The Hall–Kier alpha value is -4.37. The lowest BCUT2D eigenvalue weighted by Gasteiger charge is -2.29. The molecule has 0 saturated carbocycles. The van der Waals surface area contributed by atoms with Crippen molar-refractivity contribution in [1.82, 2.24) is 14.9 Å². The van der Waals surface area contributed by atoms with Gasteiger partial charge in [0.25, 0.3) is 0 Å². The van der Waals surface area contributed by atoms with Gasteiger partial charge >= 0.3 is 0 Å². The average Bonchev–Trinajstić information content (AvgIpc) is 3.57. The first kappa shape index (κ1) is 28.2. The lowest BCUT2D eigenvalue weighted by Crippen LogP contribution is -2.30. The van der Waals surface area contributed by atoms with Crippen molar-refractivity contribution in [2.45, 2.75) is 32.9 Å². The Morgan fingerprint density at radius 2 is 1.76 bits per heavy atom. The van der Waals surface area contributed by atoms with E-state index in [9.17, 15) is 4.79 Å². The van der Waals surface area contributed by atoms with Gasteiger partial charge in [-0.2, -0.15) is 0 Å². The Morgan fingerprint density at radius 3 is 2.39 bits per heavy atom. The molecule has 0 radical (unpaired) electrons. The number of thiocarbonyl (C=S) groups is 1. The van der Waals surface area contributed by atoms with Gasteiger partial charge in [0.15, 0.2) is 5.11 Å². The summed E-state index contributed by atoms with van der Waals surface area (Å²) in [5, 5.41) is 7.11. The van der Waals surface area contributed by atoms with Crippen LogP contribution in [0.3, 0.4) is 0 Å². The van der Waals surface area contributed by atoms with Crippen molar-refractivity contribution >= 4 is 40.3 Å². The largest absolute Gasteiger partial charge is 0.494 e. The molecule has 1 aliphatic rings. The Labute approximate surface area is 247 Å². The number of methoxy groups -OCH3 is 1. The third-order valence-electron chi connectivity index (χ3n) is 7.22. The molecule has 1 amide bonds. The summed E-state index contributed by atoms with van der Waals surface area (Å²) in [6.07, 6.45) is 3.87. The normalized spacial score (nSPS) is 16.8. The van der Waals surface area contributed by atoms with Gasteiger partial charge in [0.1, 0.15) is 11.8 Å². The zero-order valence-corrected chi connectivity index (χ0v) is 25.1. The van der Waals surface area contributed by atoms with Crippen LogP contribution in [0.15, 0.2) is 85.2 Å². The number of nitrogens with zero attached hydrogens (tertiary/aromatic N) is 4. The molecular formula is C32H36N6O2S. The van der Waals surface area contributed by atoms with E-state index in [1.54, 1.807) is 13.3 Å². The maximum absolute atomic E-state index is 12.7. The number of carbonyl (C=O) groups is 1. The number of rotatable bonds is 7. The molecule has 0 bridgehead atoms. The number of hydrogen-bond donors (Lipinski definition) is 2. The van der Waals surface area contributed by atoms with Crippen molar-refractivity contribution in [3.63, 3.8) is 0 Å². The topological polar surface area (TPSA) is 74.7 Å². The van der Waals surface area contributed by atoms with E-state index in [4.69, 9.17) is 17.0 Å². The summed E-state index contributed by atoms with van der Waals surface area (Å²) in [7, 11) is 5.67. The standard InChI is InChI=1S/C32H36N6O2S/c1-32(2,3)30(39)34-24-17-16-23(20-27(24)40-6)38-29(28(35-31(38)41)25-10-7-8-18-33-25)26-11-9-19-37(26)22-14-12-21(13-15-22)36(4)5/h7-20,28-29H,1-6H3,(H,34,39)(H,35,41)/t28-,29-/m0/s1. The molecule has 0 unspecified atom stereocenters. The summed E-state index contributed by atoms with van der Waals surface area (Å²) in [4.78, 5) is 21.6. The quantitative estimate of drug-likeness (QED) is 0.261. The van der Waals surface area contributed by atoms with E-state index in [1.807, 2.05) is 71.3 Å².